The van der Waals surface area contributed by atoms with Gasteiger partial charge in [-0.2, -0.15) is 0 Å². The van der Waals surface area contributed by atoms with E-state index in [4.69, 9.17) is 9.84 Å². The Bertz CT molecular complexity index is 213. The SMILES string of the molecule is O=C(O)CNC(=O)NCC1CCOC1. The number of carbonyl (C=O) groups is 2. The molecule has 1 fully saturated rings. The highest BCUT2D eigenvalue weighted by atomic mass is 16.5. The fourth-order valence-corrected chi connectivity index (χ4v) is 1.20. The summed E-state index contributed by atoms with van der Waals surface area (Å²) < 4.78 is 5.12. The number of carbonyl (C=O) groups excluding carboxylic acids is 1. The van der Waals surface area contributed by atoms with Crippen molar-refractivity contribution in [1.82, 2.24) is 10.6 Å². The molecule has 0 radical (unpaired) electrons. The highest BCUT2D eigenvalue weighted by molar-refractivity contribution is 5.79. The molecule has 3 N–H and O–H groups in total. The van der Waals surface area contributed by atoms with Gasteiger partial charge in [0, 0.05) is 19.1 Å². The third kappa shape index (κ3) is 4.08. The van der Waals surface area contributed by atoms with Gasteiger partial charge in [0.15, 0.2) is 0 Å². The first-order valence-electron chi connectivity index (χ1n) is 4.49. The van der Waals surface area contributed by atoms with Crippen molar-refractivity contribution in [3.05, 3.63) is 0 Å². The van der Waals surface area contributed by atoms with Gasteiger partial charge in [-0.15, -0.1) is 0 Å². The van der Waals surface area contributed by atoms with Crippen LogP contribution in [0.15, 0.2) is 0 Å². The smallest absolute Gasteiger partial charge is 0.323 e. The maximum absolute atomic E-state index is 11.0. The van der Waals surface area contributed by atoms with E-state index < -0.39 is 12.0 Å². The van der Waals surface area contributed by atoms with E-state index in [0.717, 1.165) is 13.0 Å². The minimum Gasteiger partial charge on any atom is -0.480 e. The molecule has 0 aromatic heterocycles. The van der Waals surface area contributed by atoms with Crippen molar-refractivity contribution >= 4 is 12.0 Å². The third-order valence-corrected chi connectivity index (χ3v) is 1.98. The lowest BCUT2D eigenvalue weighted by atomic mass is 10.1. The molecule has 1 saturated heterocycles. The van der Waals surface area contributed by atoms with Crippen LogP contribution >= 0.6 is 0 Å². The summed E-state index contributed by atoms with van der Waals surface area (Å²) in [7, 11) is 0. The fraction of sp³-hybridized carbons (Fsp3) is 0.750. The molecule has 1 unspecified atom stereocenters. The molecule has 1 heterocycles. The molecule has 0 aromatic carbocycles. The highest BCUT2D eigenvalue weighted by Gasteiger charge is 2.16. The van der Waals surface area contributed by atoms with Crippen LogP contribution in [0.1, 0.15) is 6.42 Å². The van der Waals surface area contributed by atoms with Crippen LogP contribution in [-0.2, 0) is 9.53 Å². The lowest BCUT2D eigenvalue weighted by molar-refractivity contribution is -0.135. The minimum atomic E-state index is -1.05. The summed E-state index contributed by atoms with van der Waals surface area (Å²) in [6, 6.07) is -0.445. The van der Waals surface area contributed by atoms with Crippen molar-refractivity contribution in [2.75, 3.05) is 26.3 Å². The second-order valence-corrected chi connectivity index (χ2v) is 3.19. The average Bonchev–Trinajstić information content (AvgIpc) is 2.63. The van der Waals surface area contributed by atoms with Crippen LogP contribution in [0, 0.1) is 5.92 Å². The largest absolute Gasteiger partial charge is 0.480 e. The van der Waals surface area contributed by atoms with Gasteiger partial charge in [-0.05, 0) is 6.42 Å². The minimum absolute atomic E-state index is 0.352. The van der Waals surface area contributed by atoms with E-state index in [-0.39, 0.29) is 6.54 Å². The zero-order chi connectivity index (χ0) is 10.4. The molecule has 1 aliphatic rings. The molecule has 0 aromatic rings. The number of urea groups is 1. The van der Waals surface area contributed by atoms with E-state index in [2.05, 4.69) is 10.6 Å². The quantitative estimate of drug-likeness (QED) is 0.568. The van der Waals surface area contributed by atoms with Gasteiger partial charge >= 0.3 is 12.0 Å². The van der Waals surface area contributed by atoms with Crippen LogP contribution in [0.3, 0.4) is 0 Å². The topological polar surface area (TPSA) is 87.7 Å². The molecular formula is C8H14N2O4. The number of hydrogen-bond donors (Lipinski definition) is 3. The Labute approximate surface area is 81.6 Å². The molecule has 1 aliphatic heterocycles. The van der Waals surface area contributed by atoms with Gasteiger partial charge < -0.3 is 20.5 Å². The second kappa shape index (κ2) is 5.43. The summed E-state index contributed by atoms with van der Waals surface area (Å²) in [6.45, 7) is 1.58. The van der Waals surface area contributed by atoms with Gasteiger partial charge in [0.1, 0.15) is 6.54 Å². The number of ether oxygens (including phenoxy) is 1. The van der Waals surface area contributed by atoms with Crippen molar-refractivity contribution < 1.29 is 19.4 Å². The van der Waals surface area contributed by atoms with Gasteiger partial charge in [0.05, 0.1) is 6.61 Å². The zero-order valence-electron chi connectivity index (χ0n) is 7.78. The van der Waals surface area contributed by atoms with Crippen molar-refractivity contribution in [3.8, 4) is 0 Å². The number of carboxylic acid groups (broad SMARTS) is 1. The van der Waals surface area contributed by atoms with Crippen LogP contribution in [0.5, 0.6) is 0 Å². The Balaban J connectivity index is 2.05. The maximum atomic E-state index is 11.0. The van der Waals surface area contributed by atoms with Crippen LogP contribution < -0.4 is 10.6 Å². The van der Waals surface area contributed by atoms with E-state index in [1.165, 1.54) is 0 Å². The lowest BCUT2D eigenvalue weighted by Crippen LogP contribution is -2.40. The molecule has 2 amide bonds. The number of rotatable bonds is 4. The van der Waals surface area contributed by atoms with Gasteiger partial charge in [-0.25, -0.2) is 4.79 Å². The molecule has 14 heavy (non-hydrogen) atoms. The summed E-state index contributed by atoms with van der Waals surface area (Å²) in [5.41, 5.74) is 0. The zero-order valence-corrected chi connectivity index (χ0v) is 7.78. The molecule has 6 heteroatoms. The predicted molar refractivity (Wildman–Crippen MR) is 48.0 cm³/mol. The van der Waals surface area contributed by atoms with Crippen molar-refractivity contribution in [3.63, 3.8) is 0 Å². The molecule has 6 nitrogen and oxygen atoms in total. The van der Waals surface area contributed by atoms with Crippen LogP contribution in [0.2, 0.25) is 0 Å². The van der Waals surface area contributed by atoms with Gasteiger partial charge in [0.25, 0.3) is 0 Å². The first-order valence-corrected chi connectivity index (χ1v) is 4.49. The van der Waals surface area contributed by atoms with E-state index >= 15 is 0 Å². The van der Waals surface area contributed by atoms with Crippen LogP contribution in [0.4, 0.5) is 4.79 Å². The molecule has 1 atom stereocenters. The maximum Gasteiger partial charge on any atom is 0.323 e. The predicted octanol–water partition coefficient (Wildman–Crippen LogP) is -0.593. The number of hydrogen-bond acceptors (Lipinski definition) is 3. The number of aliphatic carboxylic acids is 1. The summed E-state index contributed by atoms with van der Waals surface area (Å²) in [4.78, 5) is 21.1. The number of nitrogens with one attached hydrogen (secondary N) is 2. The summed E-state index contributed by atoms with van der Waals surface area (Å²) in [5.74, 6) is -0.699. The van der Waals surface area contributed by atoms with E-state index in [1.807, 2.05) is 0 Å². The van der Waals surface area contributed by atoms with E-state index in [9.17, 15) is 9.59 Å². The van der Waals surface area contributed by atoms with Gasteiger partial charge in [-0.3, -0.25) is 4.79 Å². The van der Waals surface area contributed by atoms with Gasteiger partial charge in [-0.1, -0.05) is 0 Å². The first-order chi connectivity index (χ1) is 6.68. The molecule has 0 bridgehead atoms. The Morgan fingerprint density at radius 1 is 1.43 bits per heavy atom. The number of amides is 2. The van der Waals surface area contributed by atoms with E-state index in [0.29, 0.717) is 19.1 Å². The highest BCUT2D eigenvalue weighted by Crippen LogP contribution is 2.10. The Kier molecular flexibility index (Phi) is 4.18. The molecule has 1 rings (SSSR count). The van der Waals surface area contributed by atoms with Crippen molar-refractivity contribution in [2.45, 2.75) is 6.42 Å². The van der Waals surface area contributed by atoms with Crippen LogP contribution in [0.25, 0.3) is 0 Å². The standard InChI is InChI=1S/C8H14N2O4/c11-7(12)4-10-8(13)9-3-6-1-2-14-5-6/h6H,1-5H2,(H,11,12)(H2,9,10,13). The normalized spacial score (nSPS) is 20.4. The third-order valence-electron chi connectivity index (χ3n) is 1.98. The van der Waals surface area contributed by atoms with E-state index in [1.54, 1.807) is 0 Å². The summed E-state index contributed by atoms with van der Waals surface area (Å²) >= 11 is 0. The number of carboxylic acids is 1. The van der Waals surface area contributed by atoms with Gasteiger partial charge in [0.2, 0.25) is 0 Å². The first kappa shape index (κ1) is 10.8. The molecule has 0 spiro atoms. The monoisotopic (exact) mass is 202 g/mol. The molecular weight excluding hydrogens is 188 g/mol. The Morgan fingerprint density at radius 2 is 2.21 bits per heavy atom. The Hall–Kier alpha value is -1.30. The van der Waals surface area contributed by atoms with Crippen molar-refractivity contribution in [1.29, 1.82) is 0 Å². The second-order valence-electron chi connectivity index (χ2n) is 3.19. The molecule has 0 saturated carbocycles. The van der Waals surface area contributed by atoms with Crippen molar-refractivity contribution in [2.24, 2.45) is 5.92 Å². The fourth-order valence-electron chi connectivity index (χ4n) is 1.20. The lowest BCUT2D eigenvalue weighted by Gasteiger charge is -2.09. The summed E-state index contributed by atoms with van der Waals surface area (Å²) in [6.07, 6.45) is 0.944. The molecule has 0 aliphatic carbocycles. The van der Waals surface area contributed by atoms with Crippen LogP contribution in [-0.4, -0.2) is 43.4 Å². The average molecular weight is 202 g/mol. The summed E-state index contributed by atoms with van der Waals surface area (Å²) in [5, 5.41) is 13.1. The molecule has 80 valence electrons. The Morgan fingerprint density at radius 3 is 2.79 bits per heavy atom.